The molecule has 0 aliphatic carbocycles. The number of rotatable bonds is 5. The van der Waals surface area contributed by atoms with Crippen LogP contribution in [0.3, 0.4) is 0 Å². The van der Waals surface area contributed by atoms with E-state index in [9.17, 15) is 10.1 Å². The van der Waals surface area contributed by atoms with E-state index in [0.29, 0.717) is 0 Å². The van der Waals surface area contributed by atoms with Crippen molar-refractivity contribution in [3.05, 3.63) is 106 Å². The van der Waals surface area contributed by atoms with E-state index in [1.54, 1.807) is 6.21 Å². The molecule has 0 amide bonds. The Bertz CT molecular complexity index is 1140. The van der Waals surface area contributed by atoms with Crippen LogP contribution in [0.2, 0.25) is 0 Å². The summed E-state index contributed by atoms with van der Waals surface area (Å²) in [7, 11) is 0. The third-order valence-corrected chi connectivity index (χ3v) is 4.72. The highest BCUT2D eigenvalue weighted by Gasteiger charge is 2.18. The van der Waals surface area contributed by atoms with Gasteiger partial charge in [-0.2, -0.15) is 0 Å². The number of benzene rings is 4. The second-order valence-electron chi connectivity index (χ2n) is 6.45. The lowest BCUT2D eigenvalue weighted by Crippen LogP contribution is -2.11. The molecule has 1 atom stereocenters. The fourth-order valence-electron chi connectivity index (χ4n) is 3.44. The van der Waals surface area contributed by atoms with Crippen LogP contribution in [-0.4, -0.2) is 17.7 Å². The second-order valence-corrected chi connectivity index (χ2v) is 6.45. The highest BCUT2D eigenvalue weighted by atomic mass is 16.6. The number of aliphatic imine (C=N–C) groups is 1. The maximum absolute atomic E-state index is 11.3. The summed E-state index contributed by atoms with van der Waals surface area (Å²) in [5.74, 6) is 0. The summed E-state index contributed by atoms with van der Waals surface area (Å²) in [6.07, 6.45) is 1.76. The van der Waals surface area contributed by atoms with Crippen LogP contribution in [0.15, 0.2) is 89.9 Å². The van der Waals surface area contributed by atoms with Gasteiger partial charge in [0.05, 0.1) is 0 Å². The Balaban J connectivity index is 1.78. The van der Waals surface area contributed by atoms with Crippen molar-refractivity contribution in [2.24, 2.45) is 4.99 Å². The minimum atomic E-state index is -0.537. The lowest BCUT2D eigenvalue weighted by molar-refractivity contribution is -0.483. The number of hydrogen-bond donors (Lipinski definition) is 0. The molecule has 0 heterocycles. The van der Waals surface area contributed by atoms with E-state index < -0.39 is 6.04 Å². The highest BCUT2D eigenvalue weighted by molar-refractivity contribution is 5.99. The summed E-state index contributed by atoms with van der Waals surface area (Å²) in [5.41, 5.74) is 1.84. The Labute approximate surface area is 156 Å². The number of fused-ring (bicyclic) bond motifs is 2. The van der Waals surface area contributed by atoms with Crippen molar-refractivity contribution in [1.29, 1.82) is 0 Å². The van der Waals surface area contributed by atoms with Gasteiger partial charge in [0.15, 0.2) is 0 Å². The first-order valence-electron chi connectivity index (χ1n) is 8.83. The topological polar surface area (TPSA) is 55.5 Å². The van der Waals surface area contributed by atoms with Crippen LogP contribution in [0.25, 0.3) is 21.5 Å². The summed E-state index contributed by atoms with van der Waals surface area (Å²) < 4.78 is 0. The van der Waals surface area contributed by atoms with Gasteiger partial charge in [0.2, 0.25) is 6.54 Å². The molecule has 0 fully saturated rings. The molecule has 0 spiro atoms. The van der Waals surface area contributed by atoms with E-state index in [1.807, 2.05) is 84.9 Å². The first-order chi connectivity index (χ1) is 13.2. The van der Waals surface area contributed by atoms with Crippen LogP contribution >= 0.6 is 0 Å². The van der Waals surface area contributed by atoms with E-state index >= 15 is 0 Å². The summed E-state index contributed by atoms with van der Waals surface area (Å²) in [6.45, 7) is -0.241. The van der Waals surface area contributed by atoms with Crippen molar-refractivity contribution >= 4 is 27.8 Å². The molecule has 1 unspecified atom stereocenters. The van der Waals surface area contributed by atoms with Crippen molar-refractivity contribution in [2.75, 3.05) is 6.54 Å². The maximum atomic E-state index is 11.3. The van der Waals surface area contributed by atoms with Crippen LogP contribution in [-0.2, 0) is 0 Å². The Morgan fingerprint density at radius 3 is 2.15 bits per heavy atom. The highest BCUT2D eigenvalue weighted by Crippen LogP contribution is 2.27. The van der Waals surface area contributed by atoms with Gasteiger partial charge in [-0.1, -0.05) is 84.9 Å². The Morgan fingerprint density at radius 2 is 1.41 bits per heavy atom. The third kappa shape index (κ3) is 3.55. The molecule has 4 nitrogen and oxygen atoms in total. The van der Waals surface area contributed by atoms with E-state index in [2.05, 4.69) is 4.99 Å². The Morgan fingerprint density at radius 1 is 0.815 bits per heavy atom. The molecule has 27 heavy (non-hydrogen) atoms. The van der Waals surface area contributed by atoms with Gasteiger partial charge in [0.25, 0.3) is 0 Å². The lowest BCUT2D eigenvalue weighted by Gasteiger charge is -2.12. The van der Waals surface area contributed by atoms with Gasteiger partial charge in [-0.15, -0.1) is 0 Å². The standard InChI is InChI=1S/C23H18N2O2/c26-25(27)16-23(22-14-6-10-18-8-2-4-13-21(18)22)24-15-19-11-5-9-17-7-1-3-12-20(17)19/h1-15,23H,16H2. The molecule has 4 aromatic carbocycles. The van der Waals surface area contributed by atoms with Gasteiger partial charge >= 0.3 is 0 Å². The molecule has 0 aliphatic heterocycles. The van der Waals surface area contributed by atoms with Crippen molar-refractivity contribution in [1.82, 2.24) is 0 Å². The van der Waals surface area contributed by atoms with Crippen molar-refractivity contribution < 1.29 is 4.92 Å². The summed E-state index contributed by atoms with van der Waals surface area (Å²) >= 11 is 0. The lowest BCUT2D eigenvalue weighted by atomic mass is 9.99. The largest absolute Gasteiger partial charge is 0.277 e. The second kappa shape index (κ2) is 7.38. The first kappa shape index (κ1) is 16.9. The van der Waals surface area contributed by atoms with Crippen molar-refractivity contribution in [3.8, 4) is 0 Å². The predicted molar refractivity (Wildman–Crippen MR) is 110 cm³/mol. The van der Waals surface area contributed by atoms with Gasteiger partial charge in [-0.05, 0) is 27.1 Å². The number of hydrogen-bond acceptors (Lipinski definition) is 3. The fourth-order valence-corrected chi connectivity index (χ4v) is 3.44. The first-order valence-corrected chi connectivity index (χ1v) is 8.83. The zero-order chi connectivity index (χ0) is 18.6. The Hall–Kier alpha value is -3.53. The molecule has 0 saturated carbocycles. The molecule has 0 aromatic heterocycles. The van der Waals surface area contributed by atoms with Crippen LogP contribution in [0.1, 0.15) is 17.2 Å². The van der Waals surface area contributed by atoms with Gasteiger partial charge in [0.1, 0.15) is 6.04 Å². The maximum Gasteiger partial charge on any atom is 0.230 e. The molecular weight excluding hydrogens is 336 g/mol. The van der Waals surface area contributed by atoms with Crippen LogP contribution in [0, 0.1) is 10.1 Å². The van der Waals surface area contributed by atoms with Gasteiger partial charge in [-0.25, -0.2) is 0 Å². The average molecular weight is 354 g/mol. The van der Waals surface area contributed by atoms with Gasteiger partial charge in [0, 0.05) is 16.7 Å². The quantitative estimate of drug-likeness (QED) is 0.273. The fraction of sp³-hybridized carbons (Fsp3) is 0.0870. The molecule has 4 heteroatoms. The molecule has 4 aromatic rings. The predicted octanol–water partition coefficient (Wildman–Crippen LogP) is 5.43. The molecule has 0 aliphatic rings. The molecule has 0 radical (unpaired) electrons. The molecule has 4 rings (SSSR count). The third-order valence-electron chi connectivity index (χ3n) is 4.72. The van der Waals surface area contributed by atoms with E-state index in [4.69, 9.17) is 0 Å². The zero-order valence-corrected chi connectivity index (χ0v) is 14.7. The summed E-state index contributed by atoms with van der Waals surface area (Å²) in [6, 6.07) is 27.3. The molecule has 0 N–H and O–H groups in total. The van der Waals surface area contributed by atoms with Crippen molar-refractivity contribution in [2.45, 2.75) is 6.04 Å². The van der Waals surface area contributed by atoms with E-state index in [0.717, 1.165) is 32.7 Å². The van der Waals surface area contributed by atoms with Crippen LogP contribution < -0.4 is 0 Å². The SMILES string of the molecule is O=[N+]([O-])CC(N=Cc1cccc2ccccc12)c1cccc2ccccc12. The summed E-state index contributed by atoms with van der Waals surface area (Å²) in [5, 5.41) is 15.5. The van der Waals surface area contributed by atoms with Crippen LogP contribution in [0.4, 0.5) is 0 Å². The van der Waals surface area contributed by atoms with Crippen LogP contribution in [0.5, 0.6) is 0 Å². The minimum Gasteiger partial charge on any atom is -0.277 e. The molecule has 132 valence electrons. The molecular formula is C23H18N2O2. The zero-order valence-electron chi connectivity index (χ0n) is 14.7. The average Bonchev–Trinajstić information content (AvgIpc) is 2.70. The van der Waals surface area contributed by atoms with Crippen molar-refractivity contribution in [3.63, 3.8) is 0 Å². The minimum absolute atomic E-state index is 0.241. The Kier molecular flexibility index (Phi) is 4.62. The van der Waals surface area contributed by atoms with E-state index in [-0.39, 0.29) is 11.5 Å². The normalized spacial score (nSPS) is 12.6. The molecule has 0 bridgehead atoms. The number of nitrogens with zero attached hydrogens (tertiary/aromatic N) is 2. The summed E-state index contributed by atoms with van der Waals surface area (Å²) in [4.78, 5) is 15.6. The van der Waals surface area contributed by atoms with Gasteiger partial charge < -0.3 is 0 Å². The monoisotopic (exact) mass is 354 g/mol. The molecule has 0 saturated heterocycles. The van der Waals surface area contributed by atoms with E-state index in [1.165, 1.54) is 0 Å². The number of nitro groups is 1. The smallest absolute Gasteiger partial charge is 0.230 e. The van der Waals surface area contributed by atoms with Gasteiger partial charge in [-0.3, -0.25) is 15.1 Å².